The molecule has 1 unspecified atom stereocenters. The maximum atomic E-state index is 12.0. The van der Waals surface area contributed by atoms with Gasteiger partial charge in [0.05, 0.1) is 0 Å². The topological polar surface area (TPSA) is 91.1 Å². The molecule has 0 bridgehead atoms. The van der Waals surface area contributed by atoms with Gasteiger partial charge in [-0.15, -0.1) is 0 Å². The van der Waals surface area contributed by atoms with Crippen molar-refractivity contribution in [2.75, 3.05) is 13.1 Å². The Morgan fingerprint density at radius 2 is 2.28 bits per heavy atom. The quantitative estimate of drug-likeness (QED) is 0.721. The number of rotatable bonds is 5. The molecule has 1 aromatic rings. The summed E-state index contributed by atoms with van der Waals surface area (Å²) in [6.45, 7) is 2.99. The fourth-order valence-corrected chi connectivity index (χ4v) is 4.47. The van der Waals surface area contributed by atoms with E-state index < -0.39 is 10.0 Å². The number of aryl methyl sites for hydroxylation is 1. The largest absolute Gasteiger partial charge is 0.315 e. The summed E-state index contributed by atoms with van der Waals surface area (Å²) in [6, 6.07) is 0.402. The minimum Gasteiger partial charge on any atom is -0.315 e. The highest BCUT2D eigenvalue weighted by Crippen LogP contribution is 2.15. The van der Waals surface area contributed by atoms with Gasteiger partial charge in [-0.05, 0) is 32.7 Å². The molecule has 1 fully saturated rings. The number of aromatic nitrogens is 1. The lowest BCUT2D eigenvalue weighted by molar-refractivity contribution is 0.540. The van der Waals surface area contributed by atoms with Gasteiger partial charge in [0.15, 0.2) is 4.21 Å². The van der Waals surface area contributed by atoms with E-state index in [1.807, 2.05) is 0 Å². The summed E-state index contributed by atoms with van der Waals surface area (Å²) in [5.41, 5.74) is 0.400. The summed E-state index contributed by atoms with van der Waals surface area (Å²) < 4.78 is 26.6. The molecule has 2 heterocycles. The molecule has 8 heteroatoms. The van der Waals surface area contributed by atoms with E-state index in [4.69, 9.17) is 0 Å². The van der Waals surface area contributed by atoms with Gasteiger partial charge in [0.1, 0.15) is 0 Å². The van der Waals surface area contributed by atoms with Gasteiger partial charge in [0.25, 0.3) is 10.0 Å². The van der Waals surface area contributed by atoms with Gasteiger partial charge in [-0.2, -0.15) is 0 Å². The van der Waals surface area contributed by atoms with Gasteiger partial charge in [0.2, 0.25) is 0 Å². The smallest absolute Gasteiger partial charge is 0.305 e. The summed E-state index contributed by atoms with van der Waals surface area (Å²) in [4.78, 5) is 13.2. The van der Waals surface area contributed by atoms with Gasteiger partial charge in [-0.25, -0.2) is 13.1 Å². The van der Waals surface area contributed by atoms with Crippen LogP contribution in [0, 0.1) is 6.92 Å². The van der Waals surface area contributed by atoms with Gasteiger partial charge in [-0.1, -0.05) is 11.3 Å². The third-order valence-electron chi connectivity index (χ3n) is 2.97. The first-order valence-corrected chi connectivity index (χ1v) is 8.22. The molecule has 2 rings (SSSR count). The summed E-state index contributed by atoms with van der Waals surface area (Å²) in [6.07, 6.45) is 3.02. The molecular formula is C10H17N3O3S2. The Labute approximate surface area is 110 Å². The van der Waals surface area contributed by atoms with Crippen molar-refractivity contribution in [1.82, 2.24) is 15.0 Å². The highest BCUT2D eigenvalue weighted by Gasteiger charge is 2.21. The lowest BCUT2D eigenvalue weighted by Gasteiger charge is -2.10. The summed E-state index contributed by atoms with van der Waals surface area (Å²) in [5.74, 6) is 0. The first-order valence-electron chi connectivity index (χ1n) is 5.92. The van der Waals surface area contributed by atoms with Crippen LogP contribution in [0.2, 0.25) is 0 Å². The molecule has 0 aliphatic carbocycles. The first-order chi connectivity index (χ1) is 8.49. The van der Waals surface area contributed by atoms with Crippen molar-refractivity contribution in [3.8, 4) is 0 Å². The van der Waals surface area contributed by atoms with Crippen molar-refractivity contribution in [2.24, 2.45) is 0 Å². The first kappa shape index (κ1) is 13.7. The Kier molecular flexibility index (Phi) is 4.21. The highest BCUT2D eigenvalue weighted by molar-refractivity contribution is 7.91. The standard InChI is InChI=1S/C10H17N3O3S2/c1-7-9(17-10(14)13-7)18(15,16)12-6-4-8-3-2-5-11-8/h8,11-12H,2-6H2,1H3,(H,13,14). The normalized spacial score (nSPS) is 20.4. The summed E-state index contributed by atoms with van der Waals surface area (Å²) in [7, 11) is -3.55. The monoisotopic (exact) mass is 291 g/mol. The molecule has 1 aliphatic heterocycles. The van der Waals surface area contributed by atoms with Crippen LogP contribution in [-0.2, 0) is 10.0 Å². The van der Waals surface area contributed by atoms with Crippen molar-refractivity contribution < 1.29 is 8.42 Å². The van der Waals surface area contributed by atoms with Crippen LogP contribution in [0.4, 0.5) is 0 Å². The minimum absolute atomic E-state index is 0.0897. The number of hydrogen-bond donors (Lipinski definition) is 3. The van der Waals surface area contributed by atoms with E-state index in [2.05, 4.69) is 15.0 Å². The van der Waals surface area contributed by atoms with Crippen LogP contribution in [-0.4, -0.2) is 32.5 Å². The maximum Gasteiger partial charge on any atom is 0.305 e. The molecule has 18 heavy (non-hydrogen) atoms. The molecule has 1 aliphatic rings. The predicted molar refractivity (Wildman–Crippen MR) is 70.5 cm³/mol. The highest BCUT2D eigenvalue weighted by atomic mass is 32.2. The van der Waals surface area contributed by atoms with Crippen molar-refractivity contribution >= 4 is 21.4 Å². The molecule has 0 spiro atoms. The van der Waals surface area contributed by atoms with Gasteiger partial charge in [-0.3, -0.25) is 4.79 Å². The minimum atomic E-state index is -3.55. The molecular weight excluding hydrogens is 274 g/mol. The lowest BCUT2D eigenvalue weighted by atomic mass is 10.2. The maximum absolute atomic E-state index is 12.0. The molecule has 3 N–H and O–H groups in total. The average Bonchev–Trinajstić information content (AvgIpc) is 2.88. The zero-order valence-electron chi connectivity index (χ0n) is 10.2. The zero-order valence-corrected chi connectivity index (χ0v) is 11.8. The Balaban J connectivity index is 1.95. The average molecular weight is 291 g/mol. The molecule has 1 saturated heterocycles. The third-order valence-corrected chi connectivity index (χ3v) is 6.04. The molecule has 1 aromatic heterocycles. The number of sulfonamides is 1. The van der Waals surface area contributed by atoms with Crippen LogP contribution in [0.3, 0.4) is 0 Å². The van der Waals surface area contributed by atoms with Crippen molar-refractivity contribution in [1.29, 1.82) is 0 Å². The van der Waals surface area contributed by atoms with Crippen LogP contribution < -0.4 is 14.9 Å². The number of thiazole rings is 1. The van der Waals surface area contributed by atoms with E-state index in [9.17, 15) is 13.2 Å². The SMILES string of the molecule is Cc1[nH]c(=O)sc1S(=O)(=O)NCCC1CCCN1. The molecule has 6 nitrogen and oxygen atoms in total. The fraction of sp³-hybridized carbons (Fsp3) is 0.700. The summed E-state index contributed by atoms with van der Waals surface area (Å²) >= 11 is 0.727. The van der Waals surface area contributed by atoms with Crippen molar-refractivity contribution in [2.45, 2.75) is 36.4 Å². The zero-order chi connectivity index (χ0) is 13.2. The Morgan fingerprint density at radius 3 is 2.83 bits per heavy atom. The molecule has 0 saturated carbocycles. The Bertz CT molecular complexity index is 555. The van der Waals surface area contributed by atoms with Crippen LogP contribution >= 0.6 is 11.3 Å². The number of hydrogen-bond acceptors (Lipinski definition) is 5. The predicted octanol–water partition coefficient (Wildman–Crippen LogP) is 0.165. The second-order valence-corrected chi connectivity index (χ2v) is 7.35. The molecule has 1 atom stereocenters. The van der Waals surface area contributed by atoms with E-state index in [1.165, 1.54) is 0 Å². The number of nitrogens with one attached hydrogen (secondary N) is 3. The van der Waals surface area contributed by atoms with Gasteiger partial charge in [0, 0.05) is 18.3 Å². The van der Waals surface area contributed by atoms with E-state index in [0.29, 0.717) is 18.3 Å². The molecule has 102 valence electrons. The Hall–Kier alpha value is -0.700. The van der Waals surface area contributed by atoms with Gasteiger partial charge >= 0.3 is 4.87 Å². The van der Waals surface area contributed by atoms with Crippen LogP contribution in [0.15, 0.2) is 9.00 Å². The van der Waals surface area contributed by atoms with Crippen molar-refractivity contribution in [3.05, 3.63) is 15.4 Å². The van der Waals surface area contributed by atoms with E-state index in [0.717, 1.165) is 37.1 Å². The van der Waals surface area contributed by atoms with Crippen LogP contribution in [0.1, 0.15) is 25.0 Å². The molecule has 0 radical (unpaired) electrons. The van der Waals surface area contributed by atoms with Crippen LogP contribution in [0.25, 0.3) is 0 Å². The van der Waals surface area contributed by atoms with Crippen LogP contribution in [0.5, 0.6) is 0 Å². The number of aromatic amines is 1. The lowest BCUT2D eigenvalue weighted by Crippen LogP contribution is -2.30. The second kappa shape index (κ2) is 5.52. The van der Waals surface area contributed by atoms with Crippen molar-refractivity contribution in [3.63, 3.8) is 0 Å². The molecule has 0 amide bonds. The van der Waals surface area contributed by atoms with E-state index in [1.54, 1.807) is 6.92 Å². The third kappa shape index (κ3) is 3.19. The fourth-order valence-electron chi connectivity index (χ4n) is 2.08. The van der Waals surface area contributed by atoms with E-state index >= 15 is 0 Å². The van der Waals surface area contributed by atoms with Gasteiger partial charge < -0.3 is 10.3 Å². The molecule has 0 aromatic carbocycles. The second-order valence-electron chi connectivity index (χ2n) is 4.41. The Morgan fingerprint density at radius 1 is 1.50 bits per heavy atom. The number of H-pyrrole nitrogens is 1. The summed E-state index contributed by atoms with van der Waals surface area (Å²) in [5, 5.41) is 3.31. The van der Waals surface area contributed by atoms with E-state index in [-0.39, 0.29) is 9.08 Å².